The summed E-state index contributed by atoms with van der Waals surface area (Å²) in [7, 11) is 2.17. The van der Waals surface area contributed by atoms with Crippen molar-refractivity contribution in [1.82, 2.24) is 10.2 Å². The Bertz CT molecular complexity index is 401. The standard InChI is InChI=1S/C16H24F2N2/c1-20-9-6-13(7-10-20)5-8-19-12-14-3-2-4-15(11-14)16(17)18/h2-4,11,13,16,19H,5-10,12H2,1H3. The van der Waals surface area contributed by atoms with Crippen LogP contribution >= 0.6 is 0 Å². The van der Waals surface area contributed by atoms with E-state index in [0.717, 1.165) is 18.0 Å². The van der Waals surface area contributed by atoms with E-state index in [2.05, 4.69) is 17.3 Å². The van der Waals surface area contributed by atoms with Crippen LogP contribution in [0, 0.1) is 5.92 Å². The number of nitrogens with one attached hydrogen (secondary N) is 1. The molecule has 0 amide bonds. The topological polar surface area (TPSA) is 15.3 Å². The van der Waals surface area contributed by atoms with Crippen LogP contribution < -0.4 is 5.32 Å². The lowest BCUT2D eigenvalue weighted by atomic mass is 9.94. The minimum Gasteiger partial charge on any atom is -0.313 e. The molecule has 4 heteroatoms. The summed E-state index contributed by atoms with van der Waals surface area (Å²) in [4.78, 5) is 2.37. The van der Waals surface area contributed by atoms with Gasteiger partial charge >= 0.3 is 0 Å². The molecule has 0 aliphatic carbocycles. The quantitative estimate of drug-likeness (QED) is 0.804. The number of nitrogens with zero attached hydrogens (tertiary/aromatic N) is 1. The number of hydrogen-bond acceptors (Lipinski definition) is 2. The Morgan fingerprint density at radius 1 is 1.30 bits per heavy atom. The first kappa shape index (κ1) is 15.4. The number of benzene rings is 1. The van der Waals surface area contributed by atoms with E-state index >= 15 is 0 Å². The Kier molecular flexibility index (Phi) is 5.92. The summed E-state index contributed by atoms with van der Waals surface area (Å²) in [6, 6.07) is 6.67. The van der Waals surface area contributed by atoms with Gasteiger partial charge in [-0.05, 0) is 63.5 Å². The van der Waals surface area contributed by atoms with Gasteiger partial charge < -0.3 is 10.2 Å². The summed E-state index contributed by atoms with van der Waals surface area (Å²) in [5.74, 6) is 0.811. The first-order chi connectivity index (χ1) is 9.65. The van der Waals surface area contributed by atoms with Crippen LogP contribution in [0.1, 0.15) is 36.8 Å². The van der Waals surface area contributed by atoms with Gasteiger partial charge in [-0.2, -0.15) is 0 Å². The lowest BCUT2D eigenvalue weighted by Crippen LogP contribution is -2.31. The summed E-state index contributed by atoms with van der Waals surface area (Å²) in [6.45, 7) is 4.03. The fraction of sp³-hybridized carbons (Fsp3) is 0.625. The lowest BCUT2D eigenvalue weighted by Gasteiger charge is -2.28. The molecule has 2 rings (SSSR count). The SMILES string of the molecule is CN1CCC(CCNCc2cccc(C(F)F)c2)CC1. The van der Waals surface area contributed by atoms with Crippen LogP contribution in [-0.2, 0) is 6.54 Å². The van der Waals surface area contributed by atoms with E-state index in [1.54, 1.807) is 12.1 Å². The van der Waals surface area contributed by atoms with Crippen LogP contribution in [0.25, 0.3) is 0 Å². The third kappa shape index (κ3) is 4.84. The van der Waals surface area contributed by atoms with Gasteiger partial charge in [-0.1, -0.05) is 18.2 Å². The predicted molar refractivity (Wildman–Crippen MR) is 77.9 cm³/mol. The normalized spacial score (nSPS) is 17.8. The van der Waals surface area contributed by atoms with Crippen molar-refractivity contribution in [3.8, 4) is 0 Å². The molecule has 0 bridgehead atoms. The summed E-state index contributed by atoms with van der Waals surface area (Å²) in [5.41, 5.74) is 1.05. The first-order valence-electron chi connectivity index (χ1n) is 7.41. The third-order valence-electron chi connectivity index (χ3n) is 4.10. The van der Waals surface area contributed by atoms with Crippen LogP contribution in [0.3, 0.4) is 0 Å². The Hall–Kier alpha value is -1.00. The van der Waals surface area contributed by atoms with Crippen molar-refractivity contribution in [2.24, 2.45) is 5.92 Å². The zero-order valence-electron chi connectivity index (χ0n) is 12.1. The summed E-state index contributed by atoms with van der Waals surface area (Å²) >= 11 is 0. The molecule has 0 atom stereocenters. The van der Waals surface area contributed by atoms with Crippen molar-refractivity contribution in [2.45, 2.75) is 32.2 Å². The summed E-state index contributed by atoms with van der Waals surface area (Å²) in [5, 5.41) is 3.37. The molecule has 1 aliphatic heterocycles. The molecule has 1 aromatic carbocycles. The molecule has 1 heterocycles. The average Bonchev–Trinajstić information content (AvgIpc) is 2.46. The maximum atomic E-state index is 12.6. The number of likely N-dealkylation sites (tertiary alicyclic amines) is 1. The molecule has 1 aliphatic rings. The summed E-state index contributed by atoms with van der Waals surface area (Å²) < 4.78 is 25.2. The Morgan fingerprint density at radius 3 is 2.75 bits per heavy atom. The second-order valence-corrected chi connectivity index (χ2v) is 5.76. The fourth-order valence-corrected chi connectivity index (χ4v) is 2.73. The van der Waals surface area contributed by atoms with Crippen LogP contribution in [-0.4, -0.2) is 31.6 Å². The van der Waals surface area contributed by atoms with Gasteiger partial charge in [0.15, 0.2) is 0 Å². The highest BCUT2D eigenvalue weighted by Crippen LogP contribution is 2.20. The molecule has 0 saturated carbocycles. The second-order valence-electron chi connectivity index (χ2n) is 5.76. The van der Waals surface area contributed by atoms with Gasteiger partial charge in [-0.3, -0.25) is 0 Å². The third-order valence-corrected chi connectivity index (χ3v) is 4.10. The molecule has 0 aromatic heterocycles. The number of piperidine rings is 1. The number of halogens is 2. The van der Waals surface area contributed by atoms with E-state index in [4.69, 9.17) is 0 Å². The molecule has 1 saturated heterocycles. The van der Waals surface area contributed by atoms with Gasteiger partial charge in [0, 0.05) is 12.1 Å². The largest absolute Gasteiger partial charge is 0.313 e. The molecule has 112 valence electrons. The maximum absolute atomic E-state index is 12.6. The van der Waals surface area contributed by atoms with Crippen molar-refractivity contribution in [2.75, 3.05) is 26.7 Å². The van der Waals surface area contributed by atoms with E-state index in [1.807, 2.05) is 6.07 Å². The van der Waals surface area contributed by atoms with Crippen molar-refractivity contribution in [3.63, 3.8) is 0 Å². The minimum absolute atomic E-state index is 0.111. The highest BCUT2D eigenvalue weighted by atomic mass is 19.3. The number of alkyl halides is 2. The fourth-order valence-electron chi connectivity index (χ4n) is 2.73. The molecule has 1 N–H and O–H groups in total. The van der Waals surface area contributed by atoms with Crippen LogP contribution in [0.2, 0.25) is 0 Å². The molecule has 1 aromatic rings. The molecule has 2 nitrogen and oxygen atoms in total. The highest BCUT2D eigenvalue weighted by Gasteiger charge is 2.15. The van der Waals surface area contributed by atoms with Crippen molar-refractivity contribution >= 4 is 0 Å². The monoisotopic (exact) mass is 282 g/mol. The van der Waals surface area contributed by atoms with E-state index in [0.29, 0.717) is 6.54 Å². The van der Waals surface area contributed by atoms with Gasteiger partial charge in [0.05, 0.1) is 0 Å². The highest BCUT2D eigenvalue weighted by molar-refractivity contribution is 5.24. The predicted octanol–water partition coefficient (Wildman–Crippen LogP) is 3.45. The number of rotatable bonds is 6. The molecular formula is C16H24F2N2. The second kappa shape index (κ2) is 7.70. The van der Waals surface area contributed by atoms with Crippen LogP contribution in [0.5, 0.6) is 0 Å². The maximum Gasteiger partial charge on any atom is 0.263 e. The smallest absolute Gasteiger partial charge is 0.263 e. The van der Waals surface area contributed by atoms with Gasteiger partial charge in [-0.15, -0.1) is 0 Å². The zero-order valence-corrected chi connectivity index (χ0v) is 12.1. The van der Waals surface area contributed by atoms with Crippen LogP contribution in [0.4, 0.5) is 8.78 Å². The van der Waals surface area contributed by atoms with Crippen molar-refractivity contribution in [1.29, 1.82) is 0 Å². The lowest BCUT2D eigenvalue weighted by molar-refractivity contribution is 0.151. The van der Waals surface area contributed by atoms with Crippen molar-refractivity contribution in [3.05, 3.63) is 35.4 Å². The molecular weight excluding hydrogens is 258 g/mol. The van der Waals surface area contributed by atoms with E-state index in [-0.39, 0.29) is 5.56 Å². The van der Waals surface area contributed by atoms with Crippen molar-refractivity contribution < 1.29 is 8.78 Å². The van der Waals surface area contributed by atoms with Gasteiger partial charge in [0.1, 0.15) is 0 Å². The van der Waals surface area contributed by atoms with E-state index < -0.39 is 6.43 Å². The average molecular weight is 282 g/mol. The number of hydrogen-bond donors (Lipinski definition) is 1. The van der Waals surface area contributed by atoms with E-state index in [9.17, 15) is 8.78 Å². The molecule has 0 spiro atoms. The van der Waals surface area contributed by atoms with E-state index in [1.165, 1.54) is 38.4 Å². The van der Waals surface area contributed by atoms with Gasteiger partial charge in [0.2, 0.25) is 0 Å². The van der Waals surface area contributed by atoms with Gasteiger partial charge in [-0.25, -0.2) is 8.78 Å². The van der Waals surface area contributed by atoms with Gasteiger partial charge in [0.25, 0.3) is 6.43 Å². The summed E-state index contributed by atoms with van der Waals surface area (Å²) in [6.07, 6.45) is 1.36. The molecule has 0 unspecified atom stereocenters. The molecule has 20 heavy (non-hydrogen) atoms. The first-order valence-corrected chi connectivity index (χ1v) is 7.41. The minimum atomic E-state index is -2.38. The molecule has 1 fully saturated rings. The Morgan fingerprint density at radius 2 is 2.05 bits per heavy atom. The molecule has 0 radical (unpaired) electrons. The zero-order chi connectivity index (χ0) is 14.4. The Labute approximate surface area is 120 Å². The van der Waals surface area contributed by atoms with Crippen LogP contribution in [0.15, 0.2) is 24.3 Å². The Balaban J connectivity index is 1.67.